The summed E-state index contributed by atoms with van der Waals surface area (Å²) in [5, 5.41) is 27.7. The first-order valence-electron chi connectivity index (χ1n) is 12.4. The van der Waals surface area contributed by atoms with E-state index in [-0.39, 0.29) is 39.9 Å². The van der Waals surface area contributed by atoms with Gasteiger partial charge in [-0.3, -0.25) is 18.7 Å². The number of carbonyl (C=O) groups excluding carboxylic acids is 1. The van der Waals surface area contributed by atoms with Crippen molar-refractivity contribution in [3.05, 3.63) is 105 Å². The van der Waals surface area contributed by atoms with E-state index in [9.17, 15) is 19.5 Å². The minimum absolute atomic E-state index is 0.00106. The van der Waals surface area contributed by atoms with Crippen molar-refractivity contribution < 1.29 is 9.90 Å². The minimum atomic E-state index is -0.588. The van der Waals surface area contributed by atoms with Crippen LogP contribution in [0.1, 0.15) is 10.4 Å². The molecule has 0 saturated heterocycles. The van der Waals surface area contributed by atoms with Gasteiger partial charge in [0.05, 0.1) is 18.3 Å². The van der Waals surface area contributed by atoms with E-state index in [1.807, 2.05) is 6.07 Å². The molecule has 0 aliphatic rings. The molecular weight excluding hydrogens is 540 g/mol. The standard InChI is InChI=1S/C28H20N10O4/c1-29-19-14-30-38(27-32-21-24(33-27)36(2)28(42)37(3)26(21)41)23(19)35-34-18-13-15-9-7-8-12-17(15)20(22(18)39)25(40)31-16-10-5-4-6-11-16/h4-14,39H,2-3H3,(H,31,40)(H,32,33). The predicted molar refractivity (Wildman–Crippen MR) is 154 cm³/mol. The normalized spacial score (nSPS) is 11.4. The number of anilines is 1. The maximum Gasteiger partial charge on any atom is 0.332 e. The van der Waals surface area contributed by atoms with Crippen LogP contribution in [0.15, 0.2) is 86.7 Å². The Labute approximate surface area is 235 Å². The number of nitrogens with one attached hydrogen (secondary N) is 2. The monoisotopic (exact) mass is 560 g/mol. The van der Waals surface area contributed by atoms with Crippen molar-refractivity contribution in [2.75, 3.05) is 5.32 Å². The van der Waals surface area contributed by atoms with Gasteiger partial charge in [0, 0.05) is 19.8 Å². The van der Waals surface area contributed by atoms with Gasteiger partial charge in [-0.15, -0.1) is 10.2 Å². The van der Waals surface area contributed by atoms with E-state index in [0.29, 0.717) is 16.5 Å². The Kier molecular flexibility index (Phi) is 6.16. The molecule has 3 aromatic carbocycles. The summed E-state index contributed by atoms with van der Waals surface area (Å²) < 4.78 is 3.29. The van der Waals surface area contributed by atoms with Gasteiger partial charge in [0.15, 0.2) is 22.7 Å². The van der Waals surface area contributed by atoms with E-state index < -0.39 is 22.9 Å². The van der Waals surface area contributed by atoms with Crippen molar-refractivity contribution in [3.8, 4) is 11.7 Å². The van der Waals surface area contributed by atoms with E-state index in [1.54, 1.807) is 54.6 Å². The molecular formula is C28H20N10O4. The number of phenols is 1. The number of hydrogen-bond donors (Lipinski definition) is 3. The number of aromatic hydroxyl groups is 1. The fourth-order valence-electron chi connectivity index (χ4n) is 4.52. The zero-order chi connectivity index (χ0) is 29.5. The van der Waals surface area contributed by atoms with Gasteiger partial charge in [0.1, 0.15) is 5.69 Å². The topological polar surface area (TPSA) is 169 Å². The molecule has 14 heteroatoms. The van der Waals surface area contributed by atoms with Crippen LogP contribution < -0.4 is 16.6 Å². The Balaban J connectivity index is 1.47. The molecule has 0 aliphatic heterocycles. The van der Waals surface area contributed by atoms with Gasteiger partial charge < -0.3 is 15.4 Å². The number of amides is 1. The number of rotatable bonds is 5. The summed E-state index contributed by atoms with van der Waals surface area (Å²) in [5.74, 6) is -1.01. The van der Waals surface area contributed by atoms with Crippen molar-refractivity contribution in [2.45, 2.75) is 0 Å². The molecule has 3 aromatic heterocycles. The van der Waals surface area contributed by atoms with Crippen LogP contribution >= 0.6 is 0 Å². The van der Waals surface area contributed by atoms with Gasteiger partial charge in [-0.05, 0) is 29.0 Å². The maximum atomic E-state index is 13.3. The third-order valence-electron chi connectivity index (χ3n) is 6.64. The first kappa shape index (κ1) is 25.9. The van der Waals surface area contributed by atoms with E-state index in [4.69, 9.17) is 6.57 Å². The van der Waals surface area contributed by atoms with Gasteiger partial charge in [0.25, 0.3) is 17.2 Å². The van der Waals surface area contributed by atoms with Gasteiger partial charge in [-0.25, -0.2) is 9.64 Å². The number of imidazole rings is 1. The van der Waals surface area contributed by atoms with Gasteiger partial charge in [-0.2, -0.15) is 14.8 Å². The lowest BCUT2D eigenvalue weighted by molar-refractivity contribution is 0.102. The Bertz CT molecular complexity index is 2230. The molecule has 0 radical (unpaired) electrons. The van der Waals surface area contributed by atoms with E-state index >= 15 is 0 Å². The van der Waals surface area contributed by atoms with Gasteiger partial charge >= 0.3 is 5.69 Å². The van der Waals surface area contributed by atoms with Crippen LogP contribution in [0.3, 0.4) is 0 Å². The van der Waals surface area contributed by atoms with Crippen LogP contribution in [0, 0.1) is 6.57 Å². The zero-order valence-corrected chi connectivity index (χ0v) is 22.1. The maximum absolute atomic E-state index is 13.3. The molecule has 6 rings (SSSR count). The number of para-hydroxylation sites is 1. The van der Waals surface area contributed by atoms with Crippen LogP contribution in [0.4, 0.5) is 22.9 Å². The second kappa shape index (κ2) is 9.99. The van der Waals surface area contributed by atoms with E-state index in [1.165, 1.54) is 24.9 Å². The predicted octanol–water partition coefficient (Wildman–Crippen LogP) is 4.22. The number of nitrogens with zero attached hydrogens (tertiary/aromatic N) is 8. The third-order valence-corrected chi connectivity index (χ3v) is 6.64. The first-order chi connectivity index (χ1) is 20.3. The summed E-state index contributed by atoms with van der Waals surface area (Å²) in [6.45, 7) is 7.56. The lowest BCUT2D eigenvalue weighted by Crippen LogP contribution is -2.36. The highest BCUT2D eigenvalue weighted by molar-refractivity contribution is 6.16. The average Bonchev–Trinajstić information content (AvgIpc) is 3.63. The molecule has 0 bridgehead atoms. The molecule has 0 aliphatic carbocycles. The van der Waals surface area contributed by atoms with Crippen molar-refractivity contribution in [1.82, 2.24) is 28.9 Å². The lowest BCUT2D eigenvalue weighted by atomic mass is 10.0. The highest BCUT2D eigenvalue weighted by Gasteiger charge is 2.22. The highest BCUT2D eigenvalue weighted by atomic mass is 16.3. The molecule has 14 nitrogen and oxygen atoms in total. The van der Waals surface area contributed by atoms with Gasteiger partial charge in [-0.1, -0.05) is 42.5 Å². The van der Waals surface area contributed by atoms with Crippen LogP contribution in [0.5, 0.6) is 5.75 Å². The summed E-state index contributed by atoms with van der Waals surface area (Å²) in [6.07, 6.45) is 1.24. The number of fused-ring (bicyclic) bond motifs is 2. The van der Waals surface area contributed by atoms with Crippen molar-refractivity contribution in [3.63, 3.8) is 0 Å². The van der Waals surface area contributed by atoms with E-state index in [2.05, 4.69) is 35.5 Å². The Hall–Kier alpha value is -6.36. The Morgan fingerprint density at radius 3 is 2.55 bits per heavy atom. The van der Waals surface area contributed by atoms with Crippen LogP contribution in [-0.4, -0.2) is 39.9 Å². The molecule has 42 heavy (non-hydrogen) atoms. The highest BCUT2D eigenvalue weighted by Crippen LogP contribution is 2.39. The van der Waals surface area contributed by atoms with Crippen molar-refractivity contribution in [1.29, 1.82) is 0 Å². The summed E-state index contributed by atoms with van der Waals surface area (Å²) >= 11 is 0. The molecule has 1 amide bonds. The molecule has 6 aromatic rings. The molecule has 3 N–H and O–H groups in total. The van der Waals surface area contributed by atoms with Crippen LogP contribution in [0.25, 0.3) is 32.7 Å². The molecule has 206 valence electrons. The third kappa shape index (κ3) is 4.18. The Morgan fingerprint density at radius 2 is 1.79 bits per heavy atom. The first-order valence-corrected chi connectivity index (χ1v) is 12.4. The smallest absolute Gasteiger partial charge is 0.332 e. The SMILES string of the molecule is [C-]#[N+]c1cnn(-c2nc3c([nH]2)c(=O)n(C)c(=O)n3C)c1N=Nc1cc2ccccc2c(C(=O)Nc2ccccc2)c1O. The molecule has 0 spiro atoms. The van der Waals surface area contributed by atoms with E-state index in [0.717, 1.165) is 9.25 Å². The average molecular weight is 561 g/mol. The molecule has 0 saturated carbocycles. The van der Waals surface area contributed by atoms with Crippen LogP contribution in [0.2, 0.25) is 0 Å². The number of hydrogen-bond acceptors (Lipinski definition) is 8. The number of benzene rings is 3. The van der Waals surface area contributed by atoms with Crippen molar-refractivity contribution in [2.24, 2.45) is 24.3 Å². The molecule has 0 unspecified atom stereocenters. The Morgan fingerprint density at radius 1 is 1.05 bits per heavy atom. The molecule has 3 heterocycles. The zero-order valence-electron chi connectivity index (χ0n) is 22.1. The number of phenolic OH excluding ortho intramolecular Hbond substituents is 1. The number of aryl methyl sites for hydroxylation is 1. The number of aromatic nitrogens is 6. The second-order valence-electron chi connectivity index (χ2n) is 9.20. The number of azo groups is 1. The number of carbonyl (C=O) groups is 1. The number of H-pyrrole nitrogens is 1. The summed E-state index contributed by atoms with van der Waals surface area (Å²) in [6, 6.07) is 17.4. The summed E-state index contributed by atoms with van der Waals surface area (Å²) in [4.78, 5) is 48.9. The number of aromatic amines is 1. The van der Waals surface area contributed by atoms with Gasteiger partial charge in [0.2, 0.25) is 5.95 Å². The molecule has 0 atom stereocenters. The van der Waals surface area contributed by atoms with Crippen molar-refractivity contribution >= 4 is 50.7 Å². The lowest BCUT2D eigenvalue weighted by Gasteiger charge is -2.12. The van der Waals surface area contributed by atoms with Crippen LogP contribution in [-0.2, 0) is 14.1 Å². The second-order valence-corrected chi connectivity index (χ2v) is 9.20. The molecule has 0 fully saturated rings. The summed E-state index contributed by atoms with van der Waals surface area (Å²) in [5.41, 5.74) is -0.497. The largest absolute Gasteiger partial charge is 0.505 e. The minimum Gasteiger partial charge on any atom is -0.505 e. The fraction of sp³-hybridized carbons (Fsp3) is 0.0714. The summed E-state index contributed by atoms with van der Waals surface area (Å²) in [7, 11) is 2.82. The quantitative estimate of drug-likeness (QED) is 0.211. The fourth-order valence-corrected chi connectivity index (χ4v) is 4.52.